The Kier molecular flexibility index (Phi) is 6.44. The van der Waals surface area contributed by atoms with E-state index in [2.05, 4.69) is 11.9 Å². The number of carbonyl (C=O) groups is 1. The second-order valence-corrected chi connectivity index (χ2v) is 8.04. The second kappa shape index (κ2) is 9.41. The lowest BCUT2D eigenvalue weighted by molar-refractivity contribution is -0.114. The molecule has 0 atom stereocenters. The summed E-state index contributed by atoms with van der Waals surface area (Å²) in [6.45, 7) is 2.84. The van der Waals surface area contributed by atoms with Crippen molar-refractivity contribution in [2.45, 2.75) is 13.3 Å². The zero-order valence-corrected chi connectivity index (χ0v) is 18.4. The van der Waals surface area contributed by atoms with Crippen LogP contribution in [0.2, 0.25) is 5.02 Å². The average Bonchev–Trinajstić information content (AvgIpc) is 3.24. The molecule has 1 amide bonds. The summed E-state index contributed by atoms with van der Waals surface area (Å²) in [7, 11) is 0. The highest BCUT2D eigenvalue weighted by Crippen LogP contribution is 2.30. The van der Waals surface area contributed by atoms with Crippen LogP contribution in [-0.4, -0.2) is 35.0 Å². The number of aryl methyl sites for hydroxylation is 1. The second-order valence-electron chi connectivity index (χ2n) is 6.76. The number of nitrogens with zero attached hydrogens (tertiary/aromatic N) is 2. The minimum atomic E-state index is -0.437. The third kappa shape index (κ3) is 4.84. The Bertz CT molecular complexity index is 1110. The number of aliphatic imine (C=N–C) groups is 1. The van der Waals surface area contributed by atoms with Gasteiger partial charge in [0.15, 0.2) is 5.17 Å². The Morgan fingerprint density at radius 2 is 1.94 bits per heavy atom. The summed E-state index contributed by atoms with van der Waals surface area (Å²) in [6.07, 6.45) is 4.32. The smallest absolute Gasteiger partial charge is 0.283 e. The van der Waals surface area contributed by atoms with Gasteiger partial charge in [0.05, 0.1) is 10.6 Å². The predicted octanol–water partition coefficient (Wildman–Crippen LogP) is 5.14. The summed E-state index contributed by atoms with van der Waals surface area (Å²) in [5.74, 6) is 0.980. The van der Waals surface area contributed by atoms with Gasteiger partial charge in [-0.05, 0) is 53.3 Å². The molecule has 2 aliphatic heterocycles. The SMILES string of the molecule is CCc1ccc(OCCOc2ccc(/C=C3/C(=N)N4C=CSC4=NC3=O)cc2Cl)cc1. The van der Waals surface area contributed by atoms with E-state index in [1.807, 2.05) is 24.3 Å². The Morgan fingerprint density at radius 3 is 2.68 bits per heavy atom. The van der Waals surface area contributed by atoms with Crippen molar-refractivity contribution in [1.29, 1.82) is 5.41 Å². The fourth-order valence-corrected chi connectivity index (χ4v) is 4.00. The molecule has 0 saturated carbocycles. The molecule has 0 saturated heterocycles. The van der Waals surface area contributed by atoms with Crippen molar-refractivity contribution >= 4 is 46.3 Å². The lowest BCUT2D eigenvalue weighted by atomic mass is 10.1. The van der Waals surface area contributed by atoms with Gasteiger partial charge in [-0.25, -0.2) is 0 Å². The van der Waals surface area contributed by atoms with E-state index in [0.717, 1.165) is 12.2 Å². The topological polar surface area (TPSA) is 75.0 Å². The highest BCUT2D eigenvalue weighted by atomic mass is 35.5. The molecule has 8 heteroatoms. The normalized spacial score (nSPS) is 16.5. The zero-order chi connectivity index (χ0) is 21.8. The number of nitrogens with one attached hydrogen (secondary N) is 1. The lowest BCUT2D eigenvalue weighted by Gasteiger charge is -2.22. The fraction of sp³-hybridized carbons (Fsp3) is 0.174. The number of amides is 1. The quantitative estimate of drug-likeness (QED) is 0.464. The van der Waals surface area contributed by atoms with Crippen LogP contribution in [0.15, 0.2) is 64.6 Å². The van der Waals surface area contributed by atoms with Gasteiger partial charge in [0.25, 0.3) is 5.91 Å². The van der Waals surface area contributed by atoms with E-state index in [1.165, 1.54) is 17.3 Å². The van der Waals surface area contributed by atoms with E-state index < -0.39 is 5.91 Å². The molecular formula is C23H20ClN3O3S. The number of halogens is 1. The molecular weight excluding hydrogens is 434 g/mol. The molecule has 2 aromatic rings. The molecule has 0 radical (unpaired) electrons. The number of fused-ring (bicyclic) bond motifs is 1. The molecule has 1 N–H and O–H groups in total. The van der Waals surface area contributed by atoms with Crippen molar-refractivity contribution in [3.63, 3.8) is 0 Å². The van der Waals surface area contributed by atoms with Crippen LogP contribution < -0.4 is 9.47 Å². The maximum atomic E-state index is 12.3. The predicted molar refractivity (Wildman–Crippen MR) is 125 cm³/mol. The molecule has 0 aliphatic carbocycles. The van der Waals surface area contributed by atoms with Crippen molar-refractivity contribution in [2.24, 2.45) is 4.99 Å². The van der Waals surface area contributed by atoms with E-state index in [1.54, 1.807) is 40.8 Å². The van der Waals surface area contributed by atoms with Crippen LogP contribution in [-0.2, 0) is 11.2 Å². The van der Waals surface area contributed by atoms with Gasteiger partial charge in [-0.2, -0.15) is 4.99 Å². The van der Waals surface area contributed by atoms with Gasteiger partial charge < -0.3 is 9.47 Å². The fourth-order valence-electron chi connectivity index (χ4n) is 3.05. The van der Waals surface area contributed by atoms with Crippen molar-refractivity contribution in [1.82, 2.24) is 4.90 Å². The van der Waals surface area contributed by atoms with Gasteiger partial charge in [-0.1, -0.05) is 48.5 Å². The largest absolute Gasteiger partial charge is 0.490 e. The van der Waals surface area contributed by atoms with Crippen LogP contribution in [0.1, 0.15) is 18.1 Å². The minimum Gasteiger partial charge on any atom is -0.490 e. The molecule has 0 unspecified atom stereocenters. The van der Waals surface area contributed by atoms with Gasteiger partial charge >= 0.3 is 0 Å². The number of rotatable bonds is 7. The highest BCUT2D eigenvalue weighted by Gasteiger charge is 2.31. The van der Waals surface area contributed by atoms with E-state index in [-0.39, 0.29) is 11.4 Å². The Balaban J connectivity index is 1.36. The summed E-state index contributed by atoms with van der Waals surface area (Å²) in [5, 5.41) is 11.0. The van der Waals surface area contributed by atoms with Gasteiger partial charge in [-0.15, -0.1) is 0 Å². The Hall–Kier alpha value is -3.03. The molecule has 158 valence electrons. The first-order chi connectivity index (χ1) is 15.0. The van der Waals surface area contributed by atoms with Crippen molar-refractivity contribution in [3.8, 4) is 11.5 Å². The Labute approximate surface area is 189 Å². The molecule has 31 heavy (non-hydrogen) atoms. The first-order valence-corrected chi connectivity index (χ1v) is 11.0. The zero-order valence-electron chi connectivity index (χ0n) is 16.8. The molecule has 0 spiro atoms. The van der Waals surface area contributed by atoms with Crippen molar-refractivity contribution < 1.29 is 14.3 Å². The maximum Gasteiger partial charge on any atom is 0.283 e. The summed E-state index contributed by atoms with van der Waals surface area (Å²) < 4.78 is 11.4. The van der Waals surface area contributed by atoms with Crippen LogP contribution in [0.5, 0.6) is 11.5 Å². The number of hydrogen-bond donors (Lipinski definition) is 1. The third-order valence-corrected chi connectivity index (χ3v) is 5.77. The van der Waals surface area contributed by atoms with Crippen LogP contribution in [0.4, 0.5) is 0 Å². The average molecular weight is 454 g/mol. The summed E-state index contributed by atoms with van der Waals surface area (Å²) in [5.41, 5.74) is 2.16. The number of benzene rings is 2. The number of carbonyl (C=O) groups excluding carboxylic acids is 1. The number of hydrogen-bond acceptors (Lipinski definition) is 5. The van der Waals surface area contributed by atoms with E-state index in [0.29, 0.717) is 34.7 Å². The van der Waals surface area contributed by atoms with E-state index >= 15 is 0 Å². The summed E-state index contributed by atoms with van der Waals surface area (Å²) >= 11 is 7.67. The van der Waals surface area contributed by atoms with Crippen molar-refractivity contribution in [3.05, 3.63) is 75.8 Å². The van der Waals surface area contributed by atoms with E-state index in [4.69, 9.17) is 26.5 Å². The van der Waals surface area contributed by atoms with Crippen LogP contribution in [0.25, 0.3) is 6.08 Å². The molecule has 2 aliphatic rings. The van der Waals surface area contributed by atoms with Gasteiger partial charge in [0.2, 0.25) is 0 Å². The first kappa shape index (κ1) is 21.2. The maximum absolute atomic E-state index is 12.3. The van der Waals surface area contributed by atoms with Crippen LogP contribution >= 0.6 is 23.4 Å². The van der Waals surface area contributed by atoms with Gasteiger partial charge in [0, 0.05) is 6.20 Å². The summed E-state index contributed by atoms with van der Waals surface area (Å²) in [6, 6.07) is 13.2. The molecule has 6 nitrogen and oxygen atoms in total. The molecule has 0 aromatic heterocycles. The van der Waals surface area contributed by atoms with Gasteiger partial charge in [0.1, 0.15) is 30.5 Å². The Morgan fingerprint density at radius 1 is 1.16 bits per heavy atom. The number of amidine groups is 2. The third-order valence-electron chi connectivity index (χ3n) is 4.72. The molecule has 4 rings (SSSR count). The minimum absolute atomic E-state index is 0.0943. The van der Waals surface area contributed by atoms with Crippen LogP contribution in [0.3, 0.4) is 0 Å². The summed E-state index contributed by atoms with van der Waals surface area (Å²) in [4.78, 5) is 17.9. The highest BCUT2D eigenvalue weighted by molar-refractivity contribution is 8.16. The number of thioether (sulfide) groups is 1. The van der Waals surface area contributed by atoms with Crippen LogP contribution in [0, 0.1) is 5.41 Å². The molecule has 2 aromatic carbocycles. The monoisotopic (exact) mass is 453 g/mol. The van der Waals surface area contributed by atoms with E-state index in [9.17, 15) is 4.79 Å². The molecule has 0 bridgehead atoms. The standard InChI is InChI=1S/C23H20ClN3O3S/c1-2-15-3-6-17(7-4-15)29-10-11-30-20-8-5-16(14-19(20)24)13-18-21(25)27-9-12-31-23(27)26-22(18)28/h3-9,12-14,25H,2,10-11H2,1H3/b18-13-,25-21?. The first-order valence-electron chi connectivity index (χ1n) is 9.75. The molecule has 2 heterocycles. The van der Waals surface area contributed by atoms with Crippen molar-refractivity contribution in [2.75, 3.05) is 13.2 Å². The van der Waals surface area contributed by atoms with Gasteiger partial charge in [-0.3, -0.25) is 15.1 Å². The number of ether oxygens (including phenoxy) is 2. The lowest BCUT2D eigenvalue weighted by Crippen LogP contribution is -2.35. The molecule has 0 fully saturated rings.